The van der Waals surface area contributed by atoms with Gasteiger partial charge in [0, 0.05) is 30.6 Å². The van der Waals surface area contributed by atoms with E-state index in [1.807, 2.05) is 0 Å². The molecule has 4 N–H and O–H groups in total. The van der Waals surface area contributed by atoms with Crippen LogP contribution in [0.4, 0.5) is 0 Å². The Bertz CT molecular complexity index is 1010. The Labute approximate surface area is 232 Å². The number of amides is 2. The average Bonchev–Trinajstić information content (AvgIpc) is 3.32. The molecule has 9 heteroatoms. The number of aliphatic hydroxyl groups excluding tert-OH is 3. The van der Waals surface area contributed by atoms with E-state index in [1.54, 1.807) is 23.1 Å². The summed E-state index contributed by atoms with van der Waals surface area (Å²) in [7, 11) is 1.50. The van der Waals surface area contributed by atoms with Crippen LogP contribution in [0.5, 0.6) is 11.5 Å². The van der Waals surface area contributed by atoms with Gasteiger partial charge in [-0.15, -0.1) is 0 Å². The number of carbonyl (C=O) groups excluding carboxylic acids is 2. The standard InChI is InChI=1S/C30H46N2O7/c1-5-6-7-8-9-10-25(35)32(13-11-19(2)3)23-17-22(30(37)31-12-14-33)26-21-15-20(18-34)16-24(38-4)28(21)39-29(26)27(23)36/h15-17,19,23,26-27,29,33-34,36H,5-14,18H2,1-4H3,(H,31,37)/t23-,26+,27+,29+/m1/s1. The number of benzene rings is 1. The first-order valence-electron chi connectivity index (χ1n) is 14.3. The summed E-state index contributed by atoms with van der Waals surface area (Å²) in [5.41, 5.74) is 1.60. The molecule has 0 spiro atoms. The zero-order valence-corrected chi connectivity index (χ0v) is 23.8. The molecule has 2 aliphatic rings. The van der Waals surface area contributed by atoms with E-state index in [0.717, 1.165) is 38.5 Å². The van der Waals surface area contributed by atoms with Gasteiger partial charge >= 0.3 is 0 Å². The molecule has 0 saturated carbocycles. The summed E-state index contributed by atoms with van der Waals surface area (Å²) in [6.45, 7) is 6.42. The first kappa shape index (κ1) is 30.9. The minimum absolute atomic E-state index is 0.0447. The Morgan fingerprint density at radius 2 is 1.90 bits per heavy atom. The highest BCUT2D eigenvalue weighted by molar-refractivity contribution is 5.96. The zero-order valence-electron chi connectivity index (χ0n) is 23.8. The second-order valence-electron chi connectivity index (χ2n) is 11.0. The molecule has 1 aromatic rings. The fourth-order valence-corrected chi connectivity index (χ4v) is 5.48. The van der Waals surface area contributed by atoms with Crippen molar-refractivity contribution in [3.05, 3.63) is 34.9 Å². The predicted molar refractivity (Wildman–Crippen MR) is 149 cm³/mol. The third kappa shape index (κ3) is 7.32. The number of aliphatic hydroxyl groups is 3. The van der Waals surface area contributed by atoms with Gasteiger partial charge < -0.3 is 35.0 Å². The van der Waals surface area contributed by atoms with Gasteiger partial charge in [0.15, 0.2) is 11.5 Å². The number of unbranched alkanes of at least 4 members (excludes halogenated alkanes) is 4. The van der Waals surface area contributed by atoms with Crippen LogP contribution in [0.2, 0.25) is 0 Å². The second kappa shape index (κ2) is 14.7. The van der Waals surface area contributed by atoms with Gasteiger partial charge in [0.1, 0.15) is 12.2 Å². The molecule has 3 rings (SSSR count). The molecule has 2 amide bonds. The van der Waals surface area contributed by atoms with Crippen molar-refractivity contribution in [3.8, 4) is 11.5 Å². The van der Waals surface area contributed by atoms with E-state index in [9.17, 15) is 24.9 Å². The molecule has 0 aromatic heterocycles. The van der Waals surface area contributed by atoms with Crippen LogP contribution in [0.1, 0.15) is 82.8 Å². The molecule has 0 radical (unpaired) electrons. The average molecular weight is 547 g/mol. The van der Waals surface area contributed by atoms with Gasteiger partial charge in [-0.2, -0.15) is 0 Å². The quantitative estimate of drug-likeness (QED) is 0.249. The maximum absolute atomic E-state index is 13.5. The Hall–Kier alpha value is -2.62. The summed E-state index contributed by atoms with van der Waals surface area (Å²) in [5.74, 6) is 0.114. The van der Waals surface area contributed by atoms with Crippen molar-refractivity contribution in [1.82, 2.24) is 10.2 Å². The molecular weight excluding hydrogens is 500 g/mol. The van der Waals surface area contributed by atoms with Crippen molar-refractivity contribution in [2.45, 2.75) is 96.5 Å². The zero-order chi connectivity index (χ0) is 28.5. The Kier molecular flexibility index (Phi) is 11.6. The number of methoxy groups -OCH3 is 1. The molecule has 1 aromatic carbocycles. The molecular formula is C30H46N2O7. The van der Waals surface area contributed by atoms with E-state index >= 15 is 0 Å². The monoisotopic (exact) mass is 546 g/mol. The normalized spacial score (nSPS) is 21.6. The van der Waals surface area contributed by atoms with Gasteiger partial charge in [-0.1, -0.05) is 46.5 Å². The van der Waals surface area contributed by atoms with Crippen molar-refractivity contribution >= 4 is 11.8 Å². The van der Waals surface area contributed by atoms with Crippen molar-refractivity contribution in [3.63, 3.8) is 0 Å². The van der Waals surface area contributed by atoms with Gasteiger partial charge in [-0.3, -0.25) is 9.59 Å². The topological polar surface area (TPSA) is 129 Å². The second-order valence-corrected chi connectivity index (χ2v) is 11.0. The van der Waals surface area contributed by atoms with Crippen molar-refractivity contribution < 1.29 is 34.4 Å². The smallest absolute Gasteiger partial charge is 0.247 e. The van der Waals surface area contributed by atoms with E-state index in [-0.39, 0.29) is 25.7 Å². The molecule has 0 unspecified atom stereocenters. The molecule has 1 heterocycles. The van der Waals surface area contributed by atoms with Crippen LogP contribution < -0.4 is 14.8 Å². The number of rotatable bonds is 15. The summed E-state index contributed by atoms with van der Waals surface area (Å²) in [6.07, 6.45) is 6.04. The lowest BCUT2D eigenvalue weighted by Crippen LogP contribution is -2.56. The third-order valence-electron chi connectivity index (χ3n) is 7.62. The van der Waals surface area contributed by atoms with E-state index in [4.69, 9.17) is 9.47 Å². The van der Waals surface area contributed by atoms with Crippen LogP contribution in [0.3, 0.4) is 0 Å². The molecule has 4 atom stereocenters. The first-order valence-corrected chi connectivity index (χ1v) is 14.3. The number of hydrogen-bond acceptors (Lipinski definition) is 7. The van der Waals surface area contributed by atoms with Gasteiger partial charge in [0.25, 0.3) is 0 Å². The fraction of sp³-hybridized carbons (Fsp3) is 0.667. The summed E-state index contributed by atoms with van der Waals surface area (Å²) in [5, 5.41) is 33.5. The molecule has 9 nitrogen and oxygen atoms in total. The predicted octanol–water partition coefficient (Wildman–Crippen LogP) is 3.05. The van der Waals surface area contributed by atoms with E-state index < -0.39 is 30.1 Å². The van der Waals surface area contributed by atoms with Crippen LogP contribution in [0.25, 0.3) is 0 Å². The molecule has 218 valence electrons. The highest BCUT2D eigenvalue weighted by Gasteiger charge is 2.51. The molecule has 1 aliphatic carbocycles. The van der Waals surface area contributed by atoms with Crippen LogP contribution in [0, 0.1) is 5.92 Å². The molecule has 1 aliphatic heterocycles. The SMILES string of the molecule is CCCCCCCC(=O)N(CCC(C)C)[C@@H]1C=C(C(=O)NCCO)[C@@H]2c3cc(CO)cc(OC)c3O[C@@H]2[C@H]1O. The van der Waals surface area contributed by atoms with E-state index in [0.29, 0.717) is 47.1 Å². The minimum Gasteiger partial charge on any atom is -0.493 e. The van der Waals surface area contributed by atoms with E-state index in [1.165, 1.54) is 7.11 Å². The number of hydrogen-bond donors (Lipinski definition) is 4. The Morgan fingerprint density at radius 1 is 1.15 bits per heavy atom. The van der Waals surface area contributed by atoms with Crippen LogP contribution in [0.15, 0.2) is 23.8 Å². The third-order valence-corrected chi connectivity index (χ3v) is 7.62. The highest BCUT2D eigenvalue weighted by atomic mass is 16.5. The molecule has 39 heavy (non-hydrogen) atoms. The van der Waals surface area contributed by atoms with Crippen molar-refractivity contribution in [2.24, 2.45) is 5.92 Å². The number of nitrogens with zero attached hydrogens (tertiary/aromatic N) is 1. The van der Waals surface area contributed by atoms with Crippen LogP contribution in [-0.4, -0.2) is 77.1 Å². The lowest BCUT2D eigenvalue weighted by molar-refractivity contribution is -0.137. The summed E-state index contributed by atoms with van der Waals surface area (Å²) >= 11 is 0. The number of ether oxygens (including phenoxy) is 2. The van der Waals surface area contributed by atoms with Crippen LogP contribution in [-0.2, 0) is 16.2 Å². The fourth-order valence-electron chi connectivity index (χ4n) is 5.48. The number of fused-ring (bicyclic) bond motifs is 3. The lowest BCUT2D eigenvalue weighted by atomic mass is 9.77. The Balaban J connectivity index is 2.00. The largest absolute Gasteiger partial charge is 0.493 e. The highest BCUT2D eigenvalue weighted by Crippen LogP contribution is 2.51. The van der Waals surface area contributed by atoms with Crippen molar-refractivity contribution in [2.75, 3.05) is 26.8 Å². The molecule has 0 saturated heterocycles. The van der Waals surface area contributed by atoms with Crippen LogP contribution >= 0.6 is 0 Å². The lowest BCUT2D eigenvalue weighted by Gasteiger charge is -2.41. The summed E-state index contributed by atoms with van der Waals surface area (Å²) < 4.78 is 11.8. The maximum atomic E-state index is 13.5. The van der Waals surface area contributed by atoms with E-state index in [2.05, 4.69) is 26.1 Å². The van der Waals surface area contributed by atoms with Crippen molar-refractivity contribution in [1.29, 1.82) is 0 Å². The van der Waals surface area contributed by atoms with Gasteiger partial charge in [-0.05, 0) is 42.5 Å². The summed E-state index contributed by atoms with van der Waals surface area (Å²) in [4.78, 5) is 28.6. The first-order chi connectivity index (χ1) is 18.8. The summed E-state index contributed by atoms with van der Waals surface area (Å²) in [6, 6.07) is 2.69. The Morgan fingerprint density at radius 3 is 2.54 bits per heavy atom. The van der Waals surface area contributed by atoms with Gasteiger partial charge in [0.05, 0.1) is 32.3 Å². The maximum Gasteiger partial charge on any atom is 0.247 e. The molecule has 0 fully saturated rings. The van der Waals surface area contributed by atoms with Gasteiger partial charge in [0.2, 0.25) is 11.8 Å². The number of carbonyl (C=O) groups is 2. The number of nitrogens with one attached hydrogen (secondary N) is 1. The minimum atomic E-state index is -1.09. The van der Waals surface area contributed by atoms with Gasteiger partial charge in [-0.25, -0.2) is 0 Å². The molecule has 0 bridgehead atoms.